The van der Waals surface area contributed by atoms with Crippen molar-refractivity contribution in [3.63, 3.8) is 0 Å². The quantitative estimate of drug-likeness (QED) is 0.616. The molecule has 3 heteroatoms. The molecular formula is C13H8FNO. The largest absolute Gasteiger partial charge is 0.356 e. The molecule has 3 rings (SSSR count). The number of nitrogens with zero attached hydrogens (tertiary/aromatic N) is 1. The van der Waals surface area contributed by atoms with Crippen molar-refractivity contribution in [1.82, 2.24) is 5.16 Å². The summed E-state index contributed by atoms with van der Waals surface area (Å²) in [6, 6.07) is 14.0. The van der Waals surface area contributed by atoms with Gasteiger partial charge in [-0.3, -0.25) is 0 Å². The predicted octanol–water partition coefficient (Wildman–Crippen LogP) is 3.63. The molecule has 0 spiro atoms. The fourth-order valence-electron chi connectivity index (χ4n) is 1.73. The standard InChI is InChI=1S/C13H8FNO/c14-11-7-3-1-5-9(11)13-10-6-2-4-8-12(10)16-15-13/h1-8H. The van der Waals surface area contributed by atoms with Gasteiger partial charge in [0.1, 0.15) is 11.5 Å². The molecule has 16 heavy (non-hydrogen) atoms. The van der Waals surface area contributed by atoms with E-state index in [0.717, 1.165) is 5.39 Å². The van der Waals surface area contributed by atoms with Gasteiger partial charge < -0.3 is 4.52 Å². The van der Waals surface area contributed by atoms with Crippen LogP contribution in [0.25, 0.3) is 22.2 Å². The Kier molecular flexibility index (Phi) is 1.96. The van der Waals surface area contributed by atoms with Crippen LogP contribution < -0.4 is 0 Å². The number of para-hydroxylation sites is 1. The van der Waals surface area contributed by atoms with Crippen LogP contribution >= 0.6 is 0 Å². The lowest BCUT2D eigenvalue weighted by molar-refractivity contribution is 0.458. The van der Waals surface area contributed by atoms with Crippen molar-refractivity contribution in [2.24, 2.45) is 0 Å². The van der Waals surface area contributed by atoms with E-state index in [1.807, 2.05) is 24.3 Å². The molecule has 0 bridgehead atoms. The summed E-state index contributed by atoms with van der Waals surface area (Å²) >= 11 is 0. The van der Waals surface area contributed by atoms with Gasteiger partial charge in [-0.25, -0.2) is 4.39 Å². The first-order valence-corrected chi connectivity index (χ1v) is 4.95. The first-order chi connectivity index (χ1) is 7.86. The van der Waals surface area contributed by atoms with Crippen molar-refractivity contribution in [2.75, 3.05) is 0 Å². The molecule has 0 amide bonds. The Labute approximate surface area is 91.3 Å². The molecule has 0 saturated heterocycles. The third kappa shape index (κ3) is 1.29. The van der Waals surface area contributed by atoms with E-state index in [9.17, 15) is 4.39 Å². The molecule has 2 nitrogen and oxygen atoms in total. The van der Waals surface area contributed by atoms with Crippen LogP contribution in [0.2, 0.25) is 0 Å². The first kappa shape index (κ1) is 9.09. The van der Waals surface area contributed by atoms with Crippen molar-refractivity contribution in [3.8, 4) is 11.3 Å². The summed E-state index contributed by atoms with van der Waals surface area (Å²) in [5.74, 6) is -0.290. The van der Waals surface area contributed by atoms with Gasteiger partial charge >= 0.3 is 0 Å². The van der Waals surface area contributed by atoms with Crippen LogP contribution in [0.1, 0.15) is 0 Å². The molecular weight excluding hydrogens is 205 g/mol. The van der Waals surface area contributed by atoms with Crippen LogP contribution in [0.5, 0.6) is 0 Å². The highest BCUT2D eigenvalue weighted by molar-refractivity contribution is 5.91. The van der Waals surface area contributed by atoms with Gasteiger partial charge in [0.15, 0.2) is 5.58 Å². The average molecular weight is 213 g/mol. The van der Waals surface area contributed by atoms with Crippen molar-refractivity contribution in [3.05, 3.63) is 54.3 Å². The van der Waals surface area contributed by atoms with Crippen molar-refractivity contribution in [1.29, 1.82) is 0 Å². The van der Waals surface area contributed by atoms with Gasteiger partial charge in [0.2, 0.25) is 0 Å². The molecule has 1 aromatic heterocycles. The fraction of sp³-hybridized carbons (Fsp3) is 0. The van der Waals surface area contributed by atoms with Gasteiger partial charge in [-0.15, -0.1) is 0 Å². The number of aromatic nitrogens is 1. The Morgan fingerprint density at radius 1 is 0.938 bits per heavy atom. The number of fused-ring (bicyclic) bond motifs is 1. The topological polar surface area (TPSA) is 26.0 Å². The van der Waals surface area contributed by atoms with Crippen molar-refractivity contribution < 1.29 is 8.91 Å². The molecule has 0 unspecified atom stereocenters. The second kappa shape index (κ2) is 3.45. The van der Waals surface area contributed by atoms with Crippen LogP contribution in [0.4, 0.5) is 4.39 Å². The zero-order valence-corrected chi connectivity index (χ0v) is 8.35. The van der Waals surface area contributed by atoms with Crippen LogP contribution in [-0.4, -0.2) is 5.16 Å². The summed E-state index contributed by atoms with van der Waals surface area (Å²) in [6.07, 6.45) is 0. The lowest BCUT2D eigenvalue weighted by Crippen LogP contribution is -1.83. The Hall–Kier alpha value is -2.16. The first-order valence-electron chi connectivity index (χ1n) is 4.95. The van der Waals surface area contributed by atoms with E-state index in [4.69, 9.17) is 4.52 Å². The van der Waals surface area contributed by atoms with Gasteiger partial charge in [-0.05, 0) is 24.3 Å². The minimum Gasteiger partial charge on any atom is -0.356 e. The summed E-state index contributed by atoms with van der Waals surface area (Å²) in [5, 5.41) is 4.74. The van der Waals surface area contributed by atoms with Crippen LogP contribution in [0, 0.1) is 5.82 Å². The second-order valence-corrected chi connectivity index (χ2v) is 3.51. The number of hydrogen-bond donors (Lipinski definition) is 0. The third-order valence-corrected chi connectivity index (χ3v) is 2.51. The minimum absolute atomic E-state index is 0.290. The predicted molar refractivity (Wildman–Crippen MR) is 59.4 cm³/mol. The number of benzene rings is 2. The SMILES string of the molecule is Fc1ccccc1-c1noc2ccccc12. The van der Waals surface area contributed by atoms with Gasteiger partial charge in [0.05, 0.1) is 0 Å². The molecule has 78 valence electrons. The number of rotatable bonds is 1. The zero-order chi connectivity index (χ0) is 11.0. The Morgan fingerprint density at radius 3 is 2.56 bits per heavy atom. The van der Waals surface area contributed by atoms with Crippen molar-refractivity contribution >= 4 is 11.0 Å². The Morgan fingerprint density at radius 2 is 1.69 bits per heavy atom. The molecule has 0 atom stereocenters. The zero-order valence-electron chi connectivity index (χ0n) is 8.35. The minimum atomic E-state index is -0.290. The maximum atomic E-state index is 13.6. The molecule has 0 fully saturated rings. The normalized spacial score (nSPS) is 10.8. The number of halogens is 1. The smallest absolute Gasteiger partial charge is 0.167 e. The van der Waals surface area contributed by atoms with Gasteiger partial charge in [0.25, 0.3) is 0 Å². The van der Waals surface area contributed by atoms with E-state index in [1.165, 1.54) is 6.07 Å². The molecule has 0 saturated carbocycles. The van der Waals surface area contributed by atoms with Gasteiger partial charge in [0, 0.05) is 10.9 Å². The van der Waals surface area contributed by atoms with Gasteiger partial charge in [-0.1, -0.05) is 29.4 Å². The summed E-state index contributed by atoms with van der Waals surface area (Å²) < 4.78 is 18.7. The Bertz CT molecular complexity index is 645. The highest BCUT2D eigenvalue weighted by Gasteiger charge is 2.12. The van der Waals surface area contributed by atoms with E-state index in [2.05, 4.69) is 5.16 Å². The molecule has 0 N–H and O–H groups in total. The van der Waals surface area contributed by atoms with E-state index >= 15 is 0 Å². The summed E-state index contributed by atoms with van der Waals surface area (Å²) in [5.41, 5.74) is 1.68. The highest BCUT2D eigenvalue weighted by atomic mass is 19.1. The molecule has 0 aliphatic carbocycles. The van der Waals surface area contributed by atoms with Crippen LogP contribution in [0.3, 0.4) is 0 Å². The van der Waals surface area contributed by atoms with Crippen LogP contribution in [0.15, 0.2) is 53.1 Å². The maximum Gasteiger partial charge on any atom is 0.167 e. The molecule has 1 heterocycles. The molecule has 2 aromatic carbocycles. The number of hydrogen-bond acceptors (Lipinski definition) is 2. The monoisotopic (exact) mass is 213 g/mol. The van der Waals surface area contributed by atoms with Crippen LogP contribution in [-0.2, 0) is 0 Å². The molecule has 0 aliphatic heterocycles. The summed E-state index contributed by atoms with van der Waals surface area (Å²) in [4.78, 5) is 0. The molecule has 0 radical (unpaired) electrons. The van der Waals surface area contributed by atoms with E-state index < -0.39 is 0 Å². The fourth-order valence-corrected chi connectivity index (χ4v) is 1.73. The lowest BCUT2D eigenvalue weighted by Gasteiger charge is -1.97. The van der Waals surface area contributed by atoms with E-state index in [1.54, 1.807) is 18.2 Å². The summed E-state index contributed by atoms with van der Waals surface area (Å²) in [6.45, 7) is 0. The third-order valence-electron chi connectivity index (χ3n) is 2.51. The second-order valence-electron chi connectivity index (χ2n) is 3.51. The Balaban J connectivity index is 2.31. The summed E-state index contributed by atoms with van der Waals surface area (Å²) in [7, 11) is 0. The maximum absolute atomic E-state index is 13.6. The average Bonchev–Trinajstić information content (AvgIpc) is 2.74. The van der Waals surface area contributed by atoms with E-state index in [-0.39, 0.29) is 5.82 Å². The molecule has 3 aromatic rings. The van der Waals surface area contributed by atoms with Gasteiger partial charge in [-0.2, -0.15) is 0 Å². The lowest BCUT2D eigenvalue weighted by atomic mass is 10.1. The molecule has 0 aliphatic rings. The van der Waals surface area contributed by atoms with Crippen molar-refractivity contribution in [2.45, 2.75) is 0 Å². The highest BCUT2D eigenvalue weighted by Crippen LogP contribution is 2.29. The van der Waals surface area contributed by atoms with E-state index in [0.29, 0.717) is 16.8 Å².